The molecule has 24 heavy (non-hydrogen) atoms. The van der Waals surface area contributed by atoms with Crippen molar-refractivity contribution in [3.8, 4) is 0 Å². The molecule has 0 fully saturated rings. The molecule has 0 spiro atoms. The zero-order valence-corrected chi connectivity index (χ0v) is 13.9. The first kappa shape index (κ1) is 14.9. The Morgan fingerprint density at radius 3 is 2.04 bits per heavy atom. The van der Waals surface area contributed by atoms with Crippen LogP contribution in [0.15, 0.2) is 84.9 Å². The van der Waals surface area contributed by atoms with Gasteiger partial charge < -0.3 is 0 Å². The van der Waals surface area contributed by atoms with E-state index in [0.717, 1.165) is 25.9 Å². The summed E-state index contributed by atoms with van der Waals surface area (Å²) in [7, 11) is 0. The fourth-order valence-corrected chi connectivity index (χ4v) is 3.56. The van der Waals surface area contributed by atoms with Crippen LogP contribution in [0.5, 0.6) is 0 Å². The van der Waals surface area contributed by atoms with Crippen molar-refractivity contribution >= 4 is 5.71 Å². The van der Waals surface area contributed by atoms with Gasteiger partial charge in [-0.3, -0.25) is 0 Å². The van der Waals surface area contributed by atoms with Crippen LogP contribution in [0.4, 0.5) is 0 Å². The predicted octanol–water partition coefficient (Wildman–Crippen LogP) is 4.49. The van der Waals surface area contributed by atoms with E-state index in [-0.39, 0.29) is 0 Å². The number of rotatable bonds is 4. The van der Waals surface area contributed by atoms with Gasteiger partial charge in [-0.25, -0.2) is 4.58 Å². The molecular formula is C23H22N+. The third-order valence-corrected chi connectivity index (χ3v) is 4.79. The van der Waals surface area contributed by atoms with Crippen LogP contribution in [-0.2, 0) is 19.4 Å². The van der Waals surface area contributed by atoms with E-state index in [0.29, 0.717) is 0 Å². The van der Waals surface area contributed by atoms with Gasteiger partial charge in [0.1, 0.15) is 6.54 Å². The highest BCUT2D eigenvalue weighted by Crippen LogP contribution is 2.19. The van der Waals surface area contributed by atoms with Gasteiger partial charge in [-0.2, -0.15) is 0 Å². The van der Waals surface area contributed by atoms with Crippen LogP contribution in [-0.4, -0.2) is 16.8 Å². The minimum Gasteiger partial charge on any atom is -0.228 e. The number of nitrogens with zero attached hydrogens (tertiary/aromatic N) is 1. The quantitative estimate of drug-likeness (QED) is 0.625. The molecule has 0 unspecified atom stereocenters. The van der Waals surface area contributed by atoms with E-state index in [1.807, 2.05) is 0 Å². The summed E-state index contributed by atoms with van der Waals surface area (Å²) in [6.45, 7) is 2.07. The summed E-state index contributed by atoms with van der Waals surface area (Å²) < 4.78 is 2.56. The number of hydrogen-bond acceptors (Lipinski definition) is 0. The maximum absolute atomic E-state index is 2.56. The molecule has 0 radical (unpaired) electrons. The molecule has 3 aromatic rings. The summed E-state index contributed by atoms with van der Waals surface area (Å²) >= 11 is 0. The van der Waals surface area contributed by atoms with Gasteiger partial charge >= 0.3 is 0 Å². The van der Waals surface area contributed by atoms with Crippen LogP contribution < -0.4 is 0 Å². The fourth-order valence-electron chi connectivity index (χ4n) is 3.56. The fraction of sp³-hybridized carbons (Fsp3) is 0.174. The van der Waals surface area contributed by atoms with E-state index in [4.69, 9.17) is 0 Å². The summed E-state index contributed by atoms with van der Waals surface area (Å²) in [5.41, 5.74) is 7.10. The molecule has 1 aliphatic rings. The molecule has 0 aliphatic carbocycles. The van der Waals surface area contributed by atoms with Crippen molar-refractivity contribution in [1.82, 2.24) is 0 Å². The summed E-state index contributed by atoms with van der Waals surface area (Å²) in [5.74, 6) is 0. The molecular weight excluding hydrogens is 290 g/mol. The second kappa shape index (κ2) is 6.84. The maximum Gasteiger partial charge on any atom is 0.188 e. The van der Waals surface area contributed by atoms with E-state index < -0.39 is 0 Å². The predicted molar refractivity (Wildman–Crippen MR) is 99.7 cm³/mol. The Labute approximate surface area is 143 Å². The monoisotopic (exact) mass is 312 g/mol. The van der Waals surface area contributed by atoms with Gasteiger partial charge in [0, 0.05) is 17.5 Å². The van der Waals surface area contributed by atoms with Gasteiger partial charge in [0.15, 0.2) is 12.3 Å². The molecule has 0 atom stereocenters. The molecule has 1 aliphatic heterocycles. The van der Waals surface area contributed by atoms with Gasteiger partial charge in [0.25, 0.3) is 0 Å². The number of fused-ring (bicyclic) bond motifs is 1. The summed E-state index contributed by atoms with van der Waals surface area (Å²) in [5, 5.41) is 0. The molecule has 0 N–H and O–H groups in total. The van der Waals surface area contributed by atoms with Crippen molar-refractivity contribution in [3.05, 3.63) is 107 Å². The molecule has 1 heteroatoms. The average Bonchev–Trinajstić information content (AvgIpc) is 2.65. The third kappa shape index (κ3) is 3.16. The Bertz CT molecular complexity index is 847. The standard InChI is InChI=1S/C23H22N/c1-3-9-19(10-4-1)17-23-22-14-8-7-13-21(22)15-16-24(23)18-20-11-5-2-6-12-20/h1-14H,15-18H2/q+1. The first-order valence-electron chi connectivity index (χ1n) is 8.67. The first-order chi connectivity index (χ1) is 11.9. The Kier molecular flexibility index (Phi) is 4.24. The van der Waals surface area contributed by atoms with E-state index in [2.05, 4.69) is 89.5 Å². The van der Waals surface area contributed by atoms with Crippen molar-refractivity contribution in [1.29, 1.82) is 0 Å². The van der Waals surface area contributed by atoms with Gasteiger partial charge in [0.2, 0.25) is 0 Å². The Balaban J connectivity index is 1.75. The van der Waals surface area contributed by atoms with E-state index in [9.17, 15) is 0 Å². The Morgan fingerprint density at radius 1 is 0.667 bits per heavy atom. The lowest BCUT2D eigenvalue weighted by Crippen LogP contribution is -2.31. The minimum absolute atomic E-state index is 0.983. The molecule has 0 amide bonds. The SMILES string of the molecule is c1ccc(CC2=[N+](Cc3ccccc3)CCc3ccccc32)cc1. The lowest BCUT2D eigenvalue weighted by atomic mass is 9.92. The molecule has 4 rings (SSSR count). The highest BCUT2D eigenvalue weighted by molar-refractivity contribution is 6.00. The molecule has 118 valence electrons. The van der Waals surface area contributed by atoms with Crippen LogP contribution >= 0.6 is 0 Å². The summed E-state index contributed by atoms with van der Waals surface area (Å²) in [4.78, 5) is 0. The highest BCUT2D eigenvalue weighted by atomic mass is 15.0. The van der Waals surface area contributed by atoms with Crippen molar-refractivity contribution in [2.75, 3.05) is 6.54 Å². The van der Waals surface area contributed by atoms with Gasteiger partial charge in [0.05, 0.1) is 6.42 Å². The molecule has 3 aromatic carbocycles. The second-order valence-electron chi connectivity index (χ2n) is 6.42. The molecule has 0 saturated heterocycles. The van der Waals surface area contributed by atoms with Crippen molar-refractivity contribution in [2.24, 2.45) is 0 Å². The van der Waals surface area contributed by atoms with E-state index in [1.165, 1.54) is 28.0 Å². The normalized spacial score (nSPS) is 13.7. The lowest BCUT2D eigenvalue weighted by Gasteiger charge is -2.19. The van der Waals surface area contributed by atoms with Crippen molar-refractivity contribution < 1.29 is 4.58 Å². The van der Waals surface area contributed by atoms with Crippen LogP contribution in [0.25, 0.3) is 0 Å². The van der Waals surface area contributed by atoms with Crippen LogP contribution in [0.2, 0.25) is 0 Å². The number of hydrogen-bond donors (Lipinski definition) is 0. The molecule has 1 heterocycles. The smallest absolute Gasteiger partial charge is 0.188 e. The van der Waals surface area contributed by atoms with Crippen molar-refractivity contribution in [3.63, 3.8) is 0 Å². The molecule has 0 bridgehead atoms. The lowest BCUT2D eigenvalue weighted by molar-refractivity contribution is -0.545. The first-order valence-corrected chi connectivity index (χ1v) is 8.67. The summed E-state index contributed by atoms with van der Waals surface area (Å²) in [6.07, 6.45) is 2.12. The van der Waals surface area contributed by atoms with Gasteiger partial charge in [-0.1, -0.05) is 78.9 Å². The largest absolute Gasteiger partial charge is 0.228 e. The Hall–Kier alpha value is -2.67. The maximum atomic E-state index is 2.56. The summed E-state index contributed by atoms with van der Waals surface area (Å²) in [6, 6.07) is 30.5. The van der Waals surface area contributed by atoms with Crippen LogP contribution in [0, 0.1) is 0 Å². The van der Waals surface area contributed by atoms with Crippen molar-refractivity contribution in [2.45, 2.75) is 19.4 Å². The van der Waals surface area contributed by atoms with E-state index >= 15 is 0 Å². The zero-order valence-electron chi connectivity index (χ0n) is 13.9. The molecule has 1 nitrogen and oxygen atoms in total. The Morgan fingerprint density at radius 2 is 1.29 bits per heavy atom. The van der Waals surface area contributed by atoms with Crippen LogP contribution in [0.1, 0.15) is 22.3 Å². The molecule has 0 aromatic heterocycles. The highest BCUT2D eigenvalue weighted by Gasteiger charge is 2.25. The minimum atomic E-state index is 0.983. The van der Waals surface area contributed by atoms with Gasteiger partial charge in [-0.05, 0) is 17.2 Å². The average molecular weight is 312 g/mol. The second-order valence-corrected chi connectivity index (χ2v) is 6.42. The topological polar surface area (TPSA) is 3.01 Å². The van der Waals surface area contributed by atoms with E-state index in [1.54, 1.807) is 0 Å². The molecule has 0 saturated carbocycles. The van der Waals surface area contributed by atoms with Gasteiger partial charge in [-0.15, -0.1) is 0 Å². The third-order valence-electron chi connectivity index (χ3n) is 4.79. The zero-order chi connectivity index (χ0) is 16.2. The van der Waals surface area contributed by atoms with Crippen LogP contribution in [0.3, 0.4) is 0 Å². The number of benzene rings is 3.